The number of halogens is 1. The maximum Gasteiger partial charge on any atom is 0.305 e. The van der Waals surface area contributed by atoms with Crippen molar-refractivity contribution in [3.8, 4) is 0 Å². The predicted octanol–water partition coefficient (Wildman–Crippen LogP) is 1.50. The molecule has 0 radical (unpaired) electrons. The summed E-state index contributed by atoms with van der Waals surface area (Å²) in [5.74, 6) is -1.31. The van der Waals surface area contributed by atoms with E-state index in [2.05, 4.69) is 33.2 Å². The van der Waals surface area contributed by atoms with E-state index < -0.39 is 12.0 Å². The monoisotopic (exact) mass is 332 g/mol. The van der Waals surface area contributed by atoms with Crippen LogP contribution in [0.2, 0.25) is 0 Å². The zero-order chi connectivity index (χ0) is 11.7. The quantitative estimate of drug-likeness (QED) is 0.717. The Labute approximate surface area is 105 Å². The second-order valence-electron chi connectivity index (χ2n) is 3.47. The number of nitrogens with one attached hydrogen (secondary N) is 2. The van der Waals surface area contributed by atoms with Crippen LogP contribution in [0.25, 0.3) is 0 Å². The van der Waals surface area contributed by atoms with Gasteiger partial charge in [0.05, 0.1) is 17.8 Å². The van der Waals surface area contributed by atoms with Gasteiger partial charge in [-0.2, -0.15) is 0 Å². The van der Waals surface area contributed by atoms with Crippen LogP contribution in [0.1, 0.15) is 6.42 Å². The fourth-order valence-electron chi connectivity index (χ4n) is 1.54. The third-order valence-electron chi connectivity index (χ3n) is 2.26. The number of benzene rings is 1. The maximum atomic E-state index is 11.6. The van der Waals surface area contributed by atoms with Gasteiger partial charge in [-0.1, -0.05) is 0 Å². The molecule has 5 nitrogen and oxygen atoms in total. The van der Waals surface area contributed by atoms with E-state index in [9.17, 15) is 9.59 Å². The largest absolute Gasteiger partial charge is 0.481 e. The number of amides is 1. The molecule has 1 aromatic rings. The van der Waals surface area contributed by atoms with Crippen molar-refractivity contribution < 1.29 is 14.7 Å². The summed E-state index contributed by atoms with van der Waals surface area (Å²) in [6, 6.07) is 4.84. The minimum Gasteiger partial charge on any atom is -0.481 e. The number of aliphatic carboxylic acids is 1. The molecule has 0 saturated carbocycles. The number of carboxylic acid groups (broad SMARTS) is 1. The molecule has 0 spiro atoms. The highest BCUT2D eigenvalue weighted by atomic mass is 127. The van der Waals surface area contributed by atoms with Crippen LogP contribution in [0.15, 0.2) is 18.2 Å². The summed E-state index contributed by atoms with van der Waals surface area (Å²) >= 11 is 2.14. The Morgan fingerprint density at radius 2 is 2.19 bits per heavy atom. The molecule has 1 aliphatic heterocycles. The molecule has 1 atom stereocenters. The van der Waals surface area contributed by atoms with E-state index in [0.29, 0.717) is 5.69 Å². The van der Waals surface area contributed by atoms with Gasteiger partial charge in [0.15, 0.2) is 0 Å². The van der Waals surface area contributed by atoms with Gasteiger partial charge in [-0.15, -0.1) is 0 Å². The van der Waals surface area contributed by atoms with E-state index in [1.54, 1.807) is 0 Å². The molecule has 1 amide bonds. The summed E-state index contributed by atoms with van der Waals surface area (Å²) in [6.45, 7) is 0. The van der Waals surface area contributed by atoms with Crippen LogP contribution in [0, 0.1) is 3.57 Å². The smallest absolute Gasteiger partial charge is 0.305 e. The van der Waals surface area contributed by atoms with Crippen LogP contribution in [0.4, 0.5) is 11.4 Å². The Morgan fingerprint density at radius 1 is 1.44 bits per heavy atom. The first-order valence-electron chi connectivity index (χ1n) is 4.65. The van der Waals surface area contributed by atoms with Crippen LogP contribution < -0.4 is 10.6 Å². The number of carboxylic acids is 1. The number of hydrogen-bond acceptors (Lipinski definition) is 3. The molecule has 1 aliphatic rings. The first-order chi connectivity index (χ1) is 7.56. The van der Waals surface area contributed by atoms with Crippen molar-refractivity contribution in [1.29, 1.82) is 0 Å². The number of hydrogen-bond donors (Lipinski definition) is 3. The Morgan fingerprint density at radius 3 is 2.88 bits per heavy atom. The summed E-state index contributed by atoms with van der Waals surface area (Å²) in [5.41, 5.74) is 1.45. The zero-order valence-electron chi connectivity index (χ0n) is 8.16. The second kappa shape index (κ2) is 4.28. The lowest BCUT2D eigenvalue weighted by atomic mass is 10.1. The minimum absolute atomic E-state index is 0.225. The fourth-order valence-corrected chi connectivity index (χ4v) is 2.03. The number of rotatable bonds is 2. The molecule has 0 fully saturated rings. The van der Waals surface area contributed by atoms with E-state index in [1.165, 1.54) is 0 Å². The van der Waals surface area contributed by atoms with Crippen LogP contribution in [0.5, 0.6) is 0 Å². The molecule has 6 heteroatoms. The van der Waals surface area contributed by atoms with Gasteiger partial charge in [0.2, 0.25) is 5.91 Å². The van der Waals surface area contributed by atoms with Crippen molar-refractivity contribution in [1.82, 2.24) is 0 Å². The van der Waals surface area contributed by atoms with Gasteiger partial charge in [0, 0.05) is 3.57 Å². The van der Waals surface area contributed by atoms with E-state index in [-0.39, 0.29) is 12.3 Å². The Kier molecular flexibility index (Phi) is 2.99. The van der Waals surface area contributed by atoms with Gasteiger partial charge in [0.25, 0.3) is 0 Å². The van der Waals surface area contributed by atoms with Crippen LogP contribution in [-0.2, 0) is 9.59 Å². The van der Waals surface area contributed by atoms with Crippen molar-refractivity contribution in [2.45, 2.75) is 12.5 Å². The molecular formula is C10H9IN2O3. The summed E-state index contributed by atoms with van der Waals surface area (Å²) in [6.07, 6.45) is -0.225. The summed E-state index contributed by atoms with van der Waals surface area (Å²) in [4.78, 5) is 22.1. The molecule has 0 saturated heterocycles. The van der Waals surface area contributed by atoms with Crippen molar-refractivity contribution in [3.63, 3.8) is 0 Å². The topological polar surface area (TPSA) is 78.4 Å². The molecule has 0 aliphatic carbocycles. The van der Waals surface area contributed by atoms with Gasteiger partial charge in [-0.25, -0.2) is 0 Å². The van der Waals surface area contributed by atoms with Crippen molar-refractivity contribution in [3.05, 3.63) is 21.8 Å². The molecule has 1 heterocycles. The van der Waals surface area contributed by atoms with Gasteiger partial charge in [0.1, 0.15) is 6.04 Å². The first-order valence-corrected chi connectivity index (χ1v) is 5.73. The number of carbonyl (C=O) groups is 2. The second-order valence-corrected chi connectivity index (χ2v) is 4.72. The standard InChI is InChI=1S/C10H9IN2O3/c11-5-1-2-6-7(3-5)13-10(16)8(12-6)4-9(14)15/h1-3,8,12H,4H2,(H,13,16)(H,14,15). The number of anilines is 2. The molecule has 1 aromatic carbocycles. The molecule has 2 rings (SSSR count). The van der Waals surface area contributed by atoms with Crippen molar-refractivity contribution >= 4 is 45.8 Å². The van der Waals surface area contributed by atoms with Crippen molar-refractivity contribution in [2.24, 2.45) is 0 Å². The van der Waals surface area contributed by atoms with Gasteiger partial charge < -0.3 is 15.7 Å². The molecule has 0 aromatic heterocycles. The van der Waals surface area contributed by atoms with Crippen molar-refractivity contribution in [2.75, 3.05) is 10.6 Å². The highest BCUT2D eigenvalue weighted by Gasteiger charge is 2.27. The highest BCUT2D eigenvalue weighted by Crippen LogP contribution is 2.28. The Hall–Kier alpha value is -1.31. The minimum atomic E-state index is -0.999. The average Bonchev–Trinajstić information content (AvgIpc) is 2.19. The van der Waals surface area contributed by atoms with E-state index in [1.807, 2.05) is 18.2 Å². The Balaban J connectivity index is 2.25. The molecule has 1 unspecified atom stereocenters. The third kappa shape index (κ3) is 2.26. The van der Waals surface area contributed by atoms with Gasteiger partial charge in [-0.3, -0.25) is 9.59 Å². The van der Waals surface area contributed by atoms with Crippen LogP contribution in [-0.4, -0.2) is 23.0 Å². The summed E-state index contributed by atoms with van der Waals surface area (Å²) < 4.78 is 1.01. The number of carbonyl (C=O) groups excluding carboxylic acids is 1. The fraction of sp³-hybridized carbons (Fsp3) is 0.200. The third-order valence-corrected chi connectivity index (χ3v) is 2.94. The number of fused-ring (bicyclic) bond motifs is 1. The lowest BCUT2D eigenvalue weighted by Gasteiger charge is -2.25. The molecule has 0 bridgehead atoms. The summed E-state index contributed by atoms with van der Waals surface area (Å²) in [5, 5.41) is 14.3. The molecular weight excluding hydrogens is 323 g/mol. The molecule has 3 N–H and O–H groups in total. The molecule has 16 heavy (non-hydrogen) atoms. The van der Waals surface area contributed by atoms with Gasteiger partial charge in [-0.05, 0) is 40.8 Å². The highest BCUT2D eigenvalue weighted by molar-refractivity contribution is 14.1. The first kappa shape index (κ1) is 11.2. The SMILES string of the molecule is O=C(O)CC1Nc2ccc(I)cc2NC1=O. The van der Waals surface area contributed by atoms with Gasteiger partial charge >= 0.3 is 5.97 Å². The van der Waals surface area contributed by atoms with E-state index in [4.69, 9.17) is 5.11 Å². The Bertz CT molecular complexity index is 461. The average molecular weight is 332 g/mol. The predicted molar refractivity (Wildman–Crippen MR) is 67.5 cm³/mol. The van der Waals surface area contributed by atoms with Crippen LogP contribution >= 0.6 is 22.6 Å². The van der Waals surface area contributed by atoms with E-state index in [0.717, 1.165) is 9.26 Å². The zero-order valence-corrected chi connectivity index (χ0v) is 10.3. The maximum absolute atomic E-state index is 11.6. The summed E-state index contributed by atoms with van der Waals surface area (Å²) in [7, 11) is 0. The van der Waals surface area contributed by atoms with E-state index >= 15 is 0 Å². The lowest BCUT2D eigenvalue weighted by Crippen LogP contribution is -2.40. The molecule has 84 valence electrons. The van der Waals surface area contributed by atoms with Crippen LogP contribution in [0.3, 0.4) is 0 Å². The lowest BCUT2D eigenvalue weighted by molar-refractivity contribution is -0.138. The normalized spacial score (nSPS) is 18.3.